The van der Waals surface area contributed by atoms with Crippen molar-refractivity contribution in [2.45, 2.75) is 31.7 Å². The molecule has 0 saturated carbocycles. The van der Waals surface area contributed by atoms with E-state index in [0.29, 0.717) is 5.92 Å². The molecule has 2 atom stereocenters. The number of rotatable bonds is 2. The molecule has 20 heavy (non-hydrogen) atoms. The van der Waals surface area contributed by atoms with Gasteiger partial charge in [0.05, 0.1) is 11.0 Å². The molecule has 1 heterocycles. The molecule has 1 aliphatic carbocycles. The van der Waals surface area contributed by atoms with Crippen molar-refractivity contribution < 1.29 is 4.92 Å². The van der Waals surface area contributed by atoms with E-state index < -0.39 is 4.92 Å². The summed E-state index contributed by atoms with van der Waals surface area (Å²) in [7, 11) is 0. The van der Waals surface area contributed by atoms with Crippen molar-refractivity contribution in [1.29, 1.82) is 0 Å². The molecule has 0 spiro atoms. The van der Waals surface area contributed by atoms with Gasteiger partial charge in [0.15, 0.2) is 0 Å². The summed E-state index contributed by atoms with van der Waals surface area (Å²) in [4.78, 5) is 10.4. The molecule has 6 heteroatoms. The van der Waals surface area contributed by atoms with Gasteiger partial charge in [-0.3, -0.25) is 10.1 Å². The molecule has 3 rings (SSSR count). The second kappa shape index (κ2) is 4.63. The van der Waals surface area contributed by atoms with Gasteiger partial charge in [0.1, 0.15) is 6.20 Å². The lowest BCUT2D eigenvalue weighted by atomic mass is 9.81. The Labute approximate surface area is 116 Å². The first kappa shape index (κ1) is 12.7. The Morgan fingerprint density at radius 1 is 1.35 bits per heavy atom. The van der Waals surface area contributed by atoms with Crippen molar-refractivity contribution in [2.24, 2.45) is 0 Å². The molecule has 2 aromatic rings. The third kappa shape index (κ3) is 1.84. The number of nitrogens with two attached hydrogens (primary N) is 1. The summed E-state index contributed by atoms with van der Waals surface area (Å²) in [6, 6.07) is 8.16. The lowest BCUT2D eigenvalue weighted by molar-refractivity contribution is -0.384. The first-order valence-corrected chi connectivity index (χ1v) is 6.65. The Hall–Kier alpha value is -2.37. The Bertz CT molecular complexity index is 665. The number of benzene rings is 1. The highest BCUT2D eigenvalue weighted by Crippen LogP contribution is 2.40. The molecule has 0 amide bonds. The van der Waals surface area contributed by atoms with Gasteiger partial charge >= 0.3 is 5.69 Å². The van der Waals surface area contributed by atoms with Gasteiger partial charge in [-0.05, 0) is 29.9 Å². The molecule has 6 nitrogen and oxygen atoms in total. The lowest BCUT2D eigenvalue weighted by Gasteiger charge is -2.30. The van der Waals surface area contributed by atoms with Crippen molar-refractivity contribution in [1.82, 2.24) is 9.78 Å². The van der Waals surface area contributed by atoms with Crippen LogP contribution in [0, 0.1) is 10.1 Å². The van der Waals surface area contributed by atoms with Gasteiger partial charge in [0, 0.05) is 0 Å². The van der Waals surface area contributed by atoms with Crippen LogP contribution >= 0.6 is 0 Å². The first-order chi connectivity index (χ1) is 9.59. The van der Waals surface area contributed by atoms with Gasteiger partial charge in [-0.2, -0.15) is 5.10 Å². The van der Waals surface area contributed by atoms with Gasteiger partial charge in [-0.25, -0.2) is 4.68 Å². The number of nitro groups is 1. The van der Waals surface area contributed by atoms with Gasteiger partial charge in [-0.15, -0.1) is 0 Å². The van der Waals surface area contributed by atoms with Gasteiger partial charge in [0.25, 0.3) is 0 Å². The summed E-state index contributed by atoms with van der Waals surface area (Å²) in [5.41, 5.74) is 8.20. The zero-order chi connectivity index (χ0) is 14.3. The largest absolute Gasteiger partial charge is 0.378 e. The second-order valence-corrected chi connectivity index (χ2v) is 5.24. The summed E-state index contributed by atoms with van der Waals surface area (Å²) >= 11 is 0. The minimum absolute atomic E-state index is 0.0175. The Balaban J connectivity index is 2.08. The van der Waals surface area contributed by atoms with E-state index in [1.807, 2.05) is 12.1 Å². The SMILES string of the molecule is CC1CCC(n2ncc([N+](=O)[O-])c2N)c2ccccc21. The Morgan fingerprint density at radius 3 is 2.70 bits per heavy atom. The van der Waals surface area contributed by atoms with Crippen LogP contribution in [0.4, 0.5) is 11.5 Å². The number of hydrogen-bond donors (Lipinski definition) is 1. The zero-order valence-electron chi connectivity index (χ0n) is 11.2. The van der Waals surface area contributed by atoms with E-state index in [1.165, 1.54) is 11.8 Å². The van der Waals surface area contributed by atoms with Crippen molar-refractivity contribution in [2.75, 3.05) is 5.73 Å². The quantitative estimate of drug-likeness (QED) is 0.672. The molecular formula is C14H16N4O2. The lowest BCUT2D eigenvalue weighted by Crippen LogP contribution is -2.21. The highest BCUT2D eigenvalue weighted by atomic mass is 16.6. The molecule has 0 saturated heterocycles. The first-order valence-electron chi connectivity index (χ1n) is 6.65. The van der Waals surface area contributed by atoms with Crippen LogP contribution in [0.2, 0.25) is 0 Å². The van der Waals surface area contributed by atoms with E-state index in [4.69, 9.17) is 5.73 Å². The minimum Gasteiger partial charge on any atom is -0.378 e. The van der Waals surface area contributed by atoms with Crippen LogP contribution in [-0.4, -0.2) is 14.7 Å². The Kier molecular flexibility index (Phi) is 2.93. The van der Waals surface area contributed by atoms with Gasteiger partial charge in [-0.1, -0.05) is 31.2 Å². The van der Waals surface area contributed by atoms with Crippen LogP contribution < -0.4 is 5.73 Å². The molecular weight excluding hydrogens is 256 g/mol. The predicted octanol–water partition coefficient (Wildman–Crippen LogP) is 2.86. The average molecular weight is 272 g/mol. The average Bonchev–Trinajstić information content (AvgIpc) is 2.82. The maximum Gasteiger partial charge on any atom is 0.330 e. The van der Waals surface area contributed by atoms with Crippen LogP contribution in [-0.2, 0) is 0 Å². The van der Waals surface area contributed by atoms with E-state index in [-0.39, 0.29) is 17.5 Å². The smallest absolute Gasteiger partial charge is 0.330 e. The van der Waals surface area contributed by atoms with Crippen molar-refractivity contribution in [3.05, 3.63) is 51.7 Å². The van der Waals surface area contributed by atoms with Crippen LogP contribution in [0.15, 0.2) is 30.5 Å². The molecule has 2 N–H and O–H groups in total. The van der Waals surface area contributed by atoms with Gasteiger partial charge < -0.3 is 5.73 Å². The monoisotopic (exact) mass is 272 g/mol. The molecule has 0 bridgehead atoms. The topological polar surface area (TPSA) is 87.0 Å². The van der Waals surface area contributed by atoms with E-state index in [1.54, 1.807) is 4.68 Å². The molecule has 1 aliphatic rings. The molecule has 0 radical (unpaired) electrons. The number of nitrogen functional groups attached to an aromatic ring is 1. The summed E-state index contributed by atoms with van der Waals surface area (Å²) < 4.78 is 1.59. The molecule has 0 fully saturated rings. The second-order valence-electron chi connectivity index (χ2n) is 5.24. The molecule has 2 unspecified atom stereocenters. The molecule has 0 aliphatic heterocycles. The van der Waals surface area contributed by atoms with E-state index >= 15 is 0 Å². The number of hydrogen-bond acceptors (Lipinski definition) is 4. The van der Waals surface area contributed by atoms with E-state index in [2.05, 4.69) is 24.2 Å². The normalized spacial score (nSPS) is 21.4. The highest BCUT2D eigenvalue weighted by Gasteiger charge is 2.29. The molecule has 1 aromatic carbocycles. The summed E-state index contributed by atoms with van der Waals surface area (Å²) in [5.74, 6) is 0.624. The number of aromatic nitrogens is 2. The molecule has 1 aromatic heterocycles. The predicted molar refractivity (Wildman–Crippen MR) is 75.5 cm³/mol. The van der Waals surface area contributed by atoms with Crippen LogP contribution in [0.5, 0.6) is 0 Å². The fourth-order valence-corrected chi connectivity index (χ4v) is 2.99. The fraction of sp³-hybridized carbons (Fsp3) is 0.357. The summed E-state index contributed by atoms with van der Waals surface area (Å²) in [6.45, 7) is 2.20. The van der Waals surface area contributed by atoms with Crippen molar-refractivity contribution in [3.8, 4) is 0 Å². The summed E-state index contributed by atoms with van der Waals surface area (Å²) in [6.07, 6.45) is 3.14. The summed E-state index contributed by atoms with van der Waals surface area (Å²) in [5, 5.41) is 15.0. The fourth-order valence-electron chi connectivity index (χ4n) is 2.99. The molecule has 104 valence electrons. The number of anilines is 1. The standard InChI is InChI=1S/C14H16N4O2/c1-9-6-7-12(11-5-3-2-4-10(9)11)17-14(15)13(8-16-17)18(19)20/h2-5,8-9,12H,6-7,15H2,1H3. The number of nitrogens with zero attached hydrogens (tertiary/aromatic N) is 3. The maximum atomic E-state index is 10.9. The van der Waals surface area contributed by atoms with Gasteiger partial charge in [0.2, 0.25) is 5.82 Å². The third-order valence-corrected chi connectivity index (χ3v) is 4.06. The van der Waals surface area contributed by atoms with Crippen LogP contribution in [0.25, 0.3) is 0 Å². The van der Waals surface area contributed by atoms with Crippen molar-refractivity contribution in [3.63, 3.8) is 0 Å². The minimum atomic E-state index is -0.490. The Morgan fingerprint density at radius 2 is 2.05 bits per heavy atom. The van der Waals surface area contributed by atoms with Crippen LogP contribution in [0.1, 0.15) is 42.9 Å². The van der Waals surface area contributed by atoms with Crippen molar-refractivity contribution >= 4 is 11.5 Å². The number of fused-ring (bicyclic) bond motifs is 1. The van der Waals surface area contributed by atoms with E-state index in [9.17, 15) is 10.1 Å². The highest BCUT2D eigenvalue weighted by molar-refractivity contribution is 5.52. The zero-order valence-corrected chi connectivity index (χ0v) is 11.2. The van der Waals surface area contributed by atoms with E-state index in [0.717, 1.165) is 18.4 Å². The van der Waals surface area contributed by atoms with Crippen LogP contribution in [0.3, 0.4) is 0 Å². The maximum absolute atomic E-state index is 10.9. The third-order valence-electron chi connectivity index (χ3n) is 4.06.